The van der Waals surface area contributed by atoms with Gasteiger partial charge in [0.1, 0.15) is 6.04 Å². The fourth-order valence-corrected chi connectivity index (χ4v) is 3.42. The molecule has 0 unspecified atom stereocenters. The monoisotopic (exact) mass is 308 g/mol. The number of methoxy groups -OCH3 is 1. The molecule has 8 nitrogen and oxygen atoms in total. The van der Waals surface area contributed by atoms with Crippen molar-refractivity contribution < 1.29 is 27.9 Å². The van der Waals surface area contributed by atoms with Crippen LogP contribution in [-0.4, -0.2) is 56.0 Å². The van der Waals surface area contributed by atoms with Crippen molar-refractivity contribution in [3.05, 3.63) is 0 Å². The average molecular weight is 308 g/mol. The van der Waals surface area contributed by atoms with Crippen LogP contribution < -0.4 is 4.72 Å². The van der Waals surface area contributed by atoms with Crippen molar-refractivity contribution in [2.75, 3.05) is 20.2 Å². The van der Waals surface area contributed by atoms with Crippen molar-refractivity contribution in [3.63, 3.8) is 0 Å². The summed E-state index contributed by atoms with van der Waals surface area (Å²) < 4.78 is 31.9. The molecule has 116 valence electrons. The third-order valence-electron chi connectivity index (χ3n) is 3.11. The quantitative estimate of drug-likeness (QED) is 0.625. The minimum atomic E-state index is -3.83. The van der Waals surface area contributed by atoms with Crippen LogP contribution in [0, 0.1) is 0 Å². The highest BCUT2D eigenvalue weighted by atomic mass is 32.2. The summed E-state index contributed by atoms with van der Waals surface area (Å²) in [6.07, 6.45) is 2.20. The van der Waals surface area contributed by atoms with Gasteiger partial charge in [0.05, 0.1) is 7.11 Å². The lowest BCUT2D eigenvalue weighted by Gasteiger charge is -2.27. The first kappa shape index (κ1) is 16.9. The highest BCUT2D eigenvalue weighted by Gasteiger charge is 2.30. The van der Waals surface area contributed by atoms with Gasteiger partial charge in [0.2, 0.25) is 0 Å². The molecule has 0 aromatic rings. The molecular weight excluding hydrogens is 288 g/mol. The predicted molar refractivity (Wildman–Crippen MR) is 70.2 cm³/mol. The van der Waals surface area contributed by atoms with Crippen LogP contribution in [0.1, 0.15) is 32.1 Å². The normalized spacial score (nSPS) is 18.4. The Bertz CT molecular complexity index is 444. The highest BCUT2D eigenvalue weighted by Crippen LogP contribution is 2.13. The predicted octanol–water partition coefficient (Wildman–Crippen LogP) is -0.287. The molecular formula is C11H20N2O6S. The molecule has 1 fully saturated rings. The fraction of sp³-hybridized carbons (Fsp3) is 0.818. The largest absolute Gasteiger partial charge is 0.480 e. The van der Waals surface area contributed by atoms with E-state index in [9.17, 15) is 18.0 Å². The number of carboxylic acids is 1. The van der Waals surface area contributed by atoms with Crippen LogP contribution >= 0.6 is 0 Å². The number of carbonyl (C=O) groups excluding carboxylic acids is 1. The van der Waals surface area contributed by atoms with Gasteiger partial charge < -0.3 is 9.84 Å². The molecule has 1 aliphatic heterocycles. The summed E-state index contributed by atoms with van der Waals surface area (Å²) in [5.74, 6) is -1.89. The number of hydrogen-bond acceptors (Lipinski definition) is 5. The number of rotatable bonds is 7. The third-order valence-corrected chi connectivity index (χ3v) is 4.74. The van der Waals surface area contributed by atoms with Gasteiger partial charge in [-0.25, -0.2) is 0 Å². The van der Waals surface area contributed by atoms with E-state index in [1.54, 1.807) is 0 Å². The summed E-state index contributed by atoms with van der Waals surface area (Å²) >= 11 is 0. The van der Waals surface area contributed by atoms with Crippen LogP contribution in [-0.2, 0) is 24.5 Å². The zero-order valence-corrected chi connectivity index (χ0v) is 12.2. The van der Waals surface area contributed by atoms with E-state index >= 15 is 0 Å². The van der Waals surface area contributed by atoms with Crippen LogP contribution in [0.4, 0.5) is 0 Å². The van der Waals surface area contributed by atoms with E-state index in [0.29, 0.717) is 13.1 Å². The maximum atomic E-state index is 12.0. The van der Waals surface area contributed by atoms with Crippen molar-refractivity contribution >= 4 is 22.1 Å². The first-order valence-electron chi connectivity index (χ1n) is 6.44. The van der Waals surface area contributed by atoms with Crippen LogP contribution in [0.25, 0.3) is 0 Å². The van der Waals surface area contributed by atoms with Crippen LogP contribution in [0.3, 0.4) is 0 Å². The van der Waals surface area contributed by atoms with E-state index in [-0.39, 0.29) is 12.8 Å². The molecule has 0 aliphatic carbocycles. The summed E-state index contributed by atoms with van der Waals surface area (Å²) in [6, 6.07) is -1.33. The Morgan fingerprint density at radius 2 is 1.90 bits per heavy atom. The molecule has 0 aromatic heterocycles. The van der Waals surface area contributed by atoms with Crippen LogP contribution in [0.15, 0.2) is 0 Å². The molecule has 0 amide bonds. The lowest BCUT2D eigenvalue weighted by molar-refractivity contribution is -0.142. The maximum Gasteiger partial charge on any atom is 0.321 e. The number of carboxylic acid groups (broad SMARTS) is 1. The van der Waals surface area contributed by atoms with E-state index in [0.717, 1.165) is 19.3 Å². The number of ether oxygens (including phenoxy) is 1. The Kier molecular flexibility index (Phi) is 6.37. The molecule has 0 saturated carbocycles. The zero-order valence-electron chi connectivity index (χ0n) is 11.4. The van der Waals surface area contributed by atoms with E-state index < -0.39 is 28.2 Å². The van der Waals surface area contributed by atoms with Gasteiger partial charge in [-0.15, -0.1) is 0 Å². The Labute approximate surface area is 118 Å². The van der Waals surface area contributed by atoms with Crippen molar-refractivity contribution in [2.45, 2.75) is 38.1 Å². The number of esters is 1. The minimum absolute atomic E-state index is 0.144. The Hall–Kier alpha value is -1.19. The Balaban J connectivity index is 2.63. The van der Waals surface area contributed by atoms with Gasteiger partial charge in [-0.05, 0) is 19.3 Å². The number of aliphatic carboxylic acids is 1. The van der Waals surface area contributed by atoms with E-state index in [1.807, 2.05) is 0 Å². The number of hydrogen-bond donors (Lipinski definition) is 2. The van der Waals surface area contributed by atoms with Gasteiger partial charge in [-0.1, -0.05) is 6.42 Å². The minimum Gasteiger partial charge on any atom is -0.480 e. The average Bonchev–Trinajstić information content (AvgIpc) is 2.43. The van der Waals surface area contributed by atoms with Gasteiger partial charge in [-0.3, -0.25) is 9.59 Å². The molecule has 20 heavy (non-hydrogen) atoms. The number of nitrogens with zero attached hydrogens (tertiary/aromatic N) is 1. The maximum absolute atomic E-state index is 12.0. The molecule has 1 rings (SSSR count). The molecule has 9 heteroatoms. The molecule has 1 heterocycles. The second-order valence-electron chi connectivity index (χ2n) is 4.59. The molecule has 0 spiro atoms. The number of nitrogens with one attached hydrogen (secondary N) is 1. The molecule has 1 atom stereocenters. The standard InChI is InChI=1S/C11H20N2O6S/c1-19-10(14)6-5-9(11(15)16)12-20(17,18)13-7-3-2-4-8-13/h9,12H,2-8H2,1H3,(H,15,16)/t9-/m1/s1. The number of piperidine rings is 1. The van der Waals surface area contributed by atoms with Gasteiger partial charge in [0, 0.05) is 19.5 Å². The van der Waals surface area contributed by atoms with Crippen molar-refractivity contribution in [1.82, 2.24) is 9.03 Å². The topological polar surface area (TPSA) is 113 Å². The second kappa shape index (κ2) is 7.55. The van der Waals surface area contributed by atoms with Crippen molar-refractivity contribution in [2.24, 2.45) is 0 Å². The lowest BCUT2D eigenvalue weighted by Crippen LogP contribution is -2.49. The number of carbonyl (C=O) groups is 2. The third kappa shape index (κ3) is 5.06. The highest BCUT2D eigenvalue weighted by molar-refractivity contribution is 7.87. The van der Waals surface area contributed by atoms with Crippen molar-refractivity contribution in [3.8, 4) is 0 Å². The molecule has 0 aromatic carbocycles. The first-order chi connectivity index (χ1) is 9.36. The van der Waals surface area contributed by atoms with Gasteiger partial charge in [-0.2, -0.15) is 17.4 Å². The summed E-state index contributed by atoms with van der Waals surface area (Å²) in [5, 5.41) is 9.02. The summed E-state index contributed by atoms with van der Waals surface area (Å²) in [4.78, 5) is 22.1. The van der Waals surface area contributed by atoms with Crippen LogP contribution in [0.2, 0.25) is 0 Å². The van der Waals surface area contributed by atoms with E-state index in [4.69, 9.17) is 5.11 Å². The molecule has 1 aliphatic rings. The van der Waals surface area contributed by atoms with Crippen molar-refractivity contribution in [1.29, 1.82) is 0 Å². The van der Waals surface area contributed by atoms with Gasteiger partial charge in [0.15, 0.2) is 0 Å². The summed E-state index contributed by atoms with van der Waals surface area (Å²) in [5.41, 5.74) is 0. The van der Waals surface area contributed by atoms with Gasteiger partial charge >= 0.3 is 11.9 Å². The van der Waals surface area contributed by atoms with E-state index in [2.05, 4.69) is 9.46 Å². The van der Waals surface area contributed by atoms with Crippen LogP contribution in [0.5, 0.6) is 0 Å². The summed E-state index contributed by atoms with van der Waals surface area (Å²) in [7, 11) is -2.64. The Morgan fingerprint density at radius 3 is 2.40 bits per heavy atom. The SMILES string of the molecule is COC(=O)CC[C@@H](NS(=O)(=O)N1CCCCC1)C(=O)O. The smallest absolute Gasteiger partial charge is 0.321 e. The lowest BCUT2D eigenvalue weighted by atomic mass is 10.2. The molecule has 0 radical (unpaired) electrons. The Morgan fingerprint density at radius 1 is 1.30 bits per heavy atom. The molecule has 0 bridgehead atoms. The summed E-state index contributed by atoms with van der Waals surface area (Å²) in [6.45, 7) is 0.775. The zero-order chi connectivity index (χ0) is 15.2. The second-order valence-corrected chi connectivity index (χ2v) is 6.29. The molecule has 1 saturated heterocycles. The molecule has 2 N–H and O–H groups in total. The van der Waals surface area contributed by atoms with E-state index in [1.165, 1.54) is 11.4 Å². The van der Waals surface area contributed by atoms with Gasteiger partial charge in [0.25, 0.3) is 10.2 Å². The first-order valence-corrected chi connectivity index (χ1v) is 7.88. The fourth-order valence-electron chi connectivity index (χ4n) is 1.96.